The number of carbonyl (C=O) groups is 3. The summed E-state index contributed by atoms with van der Waals surface area (Å²) in [6.07, 6.45) is 6.30. The second-order valence-electron chi connectivity index (χ2n) is 13.4. The van der Waals surface area contributed by atoms with Crippen LogP contribution in [0.2, 0.25) is 0 Å². The minimum absolute atomic E-state index is 0.0322. The number of nitrogens with one attached hydrogen (secondary N) is 3. The van der Waals surface area contributed by atoms with Gasteiger partial charge in [-0.3, -0.25) is 14.4 Å². The van der Waals surface area contributed by atoms with E-state index in [4.69, 9.17) is 4.74 Å². The third-order valence-electron chi connectivity index (χ3n) is 9.42. The molecule has 6 rings (SSSR count). The van der Waals surface area contributed by atoms with Gasteiger partial charge in [-0.05, 0) is 95.4 Å². The van der Waals surface area contributed by atoms with Crippen LogP contribution >= 0.6 is 0 Å². The van der Waals surface area contributed by atoms with Crippen LogP contribution < -0.4 is 16.1 Å². The summed E-state index contributed by atoms with van der Waals surface area (Å²) in [5.74, 6) is 0.0794. The zero-order chi connectivity index (χ0) is 28.9. The highest BCUT2D eigenvalue weighted by Gasteiger charge is 2.52. The van der Waals surface area contributed by atoms with Crippen molar-refractivity contribution in [1.82, 2.24) is 20.7 Å². The van der Waals surface area contributed by atoms with E-state index in [2.05, 4.69) is 27.1 Å². The van der Waals surface area contributed by atoms with E-state index >= 15 is 0 Å². The van der Waals surface area contributed by atoms with Gasteiger partial charge in [-0.15, -0.1) is 0 Å². The van der Waals surface area contributed by atoms with Crippen molar-refractivity contribution in [2.24, 2.45) is 17.8 Å². The fourth-order valence-electron chi connectivity index (χ4n) is 7.28. The maximum Gasteiger partial charge on any atom is 0.309 e. The Hall–Kier alpha value is -3.16. The number of hydrogen-bond acceptors (Lipinski definition) is 8. The van der Waals surface area contributed by atoms with Crippen LogP contribution in [0.5, 0.6) is 0 Å². The first-order valence-electron chi connectivity index (χ1n) is 15.3. The van der Waals surface area contributed by atoms with Crippen molar-refractivity contribution in [2.75, 3.05) is 11.9 Å². The zero-order valence-electron chi connectivity index (χ0n) is 24.3. The van der Waals surface area contributed by atoms with Crippen LogP contribution in [0.3, 0.4) is 0 Å². The van der Waals surface area contributed by atoms with Crippen LogP contribution in [0.4, 0.5) is 5.69 Å². The lowest BCUT2D eigenvalue weighted by Gasteiger charge is -2.34. The lowest BCUT2D eigenvalue weighted by atomic mass is 9.85. The fraction of sp³-hybridized carbons (Fsp3) is 0.677. The SMILES string of the molecule is CC(C)(C)OC(=O)C1CCC(N2Cc3cc(NC4NN([C@@H](CC#N)C5CC5)C5CCNC(=O)C45)ccc3C2=O)CC1. The van der Waals surface area contributed by atoms with Crippen molar-refractivity contribution in [1.29, 1.82) is 5.26 Å². The van der Waals surface area contributed by atoms with Crippen molar-refractivity contribution < 1.29 is 19.1 Å². The van der Waals surface area contributed by atoms with Crippen LogP contribution in [-0.2, 0) is 20.9 Å². The summed E-state index contributed by atoms with van der Waals surface area (Å²) < 4.78 is 5.59. The largest absolute Gasteiger partial charge is 0.460 e. The summed E-state index contributed by atoms with van der Waals surface area (Å²) in [6.45, 7) is 6.86. The normalized spacial score (nSPS) is 30.7. The number of benzene rings is 1. The molecule has 2 saturated heterocycles. The van der Waals surface area contributed by atoms with Crippen molar-refractivity contribution in [3.05, 3.63) is 29.3 Å². The number of fused-ring (bicyclic) bond motifs is 2. The number of esters is 1. The summed E-state index contributed by atoms with van der Waals surface area (Å²) in [5, 5.41) is 18.3. The van der Waals surface area contributed by atoms with E-state index in [9.17, 15) is 19.6 Å². The van der Waals surface area contributed by atoms with Crippen molar-refractivity contribution in [2.45, 2.75) is 109 Å². The quantitative estimate of drug-likeness (QED) is 0.432. The third kappa shape index (κ3) is 5.67. The number of piperidine rings is 1. The summed E-state index contributed by atoms with van der Waals surface area (Å²) >= 11 is 0. The molecule has 2 amide bonds. The molecule has 0 aromatic heterocycles. The number of ether oxygens (including phenoxy) is 1. The van der Waals surface area contributed by atoms with Gasteiger partial charge >= 0.3 is 5.97 Å². The fourth-order valence-corrected chi connectivity index (χ4v) is 7.28. The van der Waals surface area contributed by atoms with E-state index in [1.54, 1.807) is 0 Å². The van der Waals surface area contributed by atoms with Gasteiger partial charge in [-0.25, -0.2) is 10.4 Å². The molecule has 3 N–H and O–H groups in total. The summed E-state index contributed by atoms with van der Waals surface area (Å²) in [6, 6.07) is 8.47. The Morgan fingerprint density at radius 2 is 1.90 bits per heavy atom. The molecule has 2 saturated carbocycles. The molecule has 5 aliphatic rings. The molecule has 41 heavy (non-hydrogen) atoms. The van der Waals surface area contributed by atoms with E-state index in [-0.39, 0.29) is 53.9 Å². The molecule has 10 heteroatoms. The van der Waals surface area contributed by atoms with Crippen LogP contribution in [0.25, 0.3) is 0 Å². The van der Waals surface area contributed by atoms with Crippen LogP contribution in [0.1, 0.15) is 88.1 Å². The molecule has 220 valence electrons. The molecule has 3 heterocycles. The molecule has 1 aromatic rings. The topological polar surface area (TPSA) is 127 Å². The molecule has 0 spiro atoms. The van der Waals surface area contributed by atoms with Crippen LogP contribution in [0.15, 0.2) is 18.2 Å². The minimum atomic E-state index is -0.490. The van der Waals surface area contributed by atoms with Gasteiger partial charge < -0.3 is 20.3 Å². The number of nitrogens with zero attached hydrogens (tertiary/aromatic N) is 3. The van der Waals surface area contributed by atoms with Crippen molar-refractivity contribution in [3.63, 3.8) is 0 Å². The third-order valence-corrected chi connectivity index (χ3v) is 9.42. The summed E-state index contributed by atoms with van der Waals surface area (Å²) in [7, 11) is 0. The highest BCUT2D eigenvalue weighted by Crippen LogP contribution is 2.41. The monoisotopic (exact) mass is 562 g/mol. The van der Waals surface area contributed by atoms with Gasteiger partial charge in [0.15, 0.2) is 0 Å². The number of hydrazine groups is 1. The average molecular weight is 563 g/mol. The molecule has 0 bridgehead atoms. The molecular formula is C31H42N6O4. The van der Waals surface area contributed by atoms with E-state index in [1.165, 1.54) is 0 Å². The Morgan fingerprint density at radius 3 is 2.59 bits per heavy atom. The van der Waals surface area contributed by atoms with Gasteiger partial charge in [0.1, 0.15) is 11.8 Å². The lowest BCUT2D eigenvalue weighted by molar-refractivity contribution is -0.161. The highest BCUT2D eigenvalue weighted by atomic mass is 16.6. The molecule has 4 atom stereocenters. The van der Waals surface area contributed by atoms with E-state index in [0.717, 1.165) is 61.8 Å². The van der Waals surface area contributed by atoms with Crippen molar-refractivity contribution in [3.8, 4) is 6.07 Å². The second-order valence-corrected chi connectivity index (χ2v) is 13.4. The van der Waals surface area contributed by atoms with Gasteiger partial charge in [-0.2, -0.15) is 5.26 Å². The number of rotatable bonds is 7. The Morgan fingerprint density at radius 1 is 1.15 bits per heavy atom. The number of anilines is 1. The Labute approximate surface area is 242 Å². The van der Waals surface area contributed by atoms with Crippen LogP contribution in [0, 0.1) is 29.1 Å². The zero-order valence-corrected chi connectivity index (χ0v) is 24.3. The smallest absolute Gasteiger partial charge is 0.309 e. The molecule has 3 aliphatic heterocycles. The van der Waals surface area contributed by atoms with E-state index in [0.29, 0.717) is 25.4 Å². The van der Waals surface area contributed by atoms with Gasteiger partial charge in [0.25, 0.3) is 5.91 Å². The van der Waals surface area contributed by atoms with Gasteiger partial charge in [0, 0.05) is 42.5 Å². The molecule has 0 radical (unpaired) electrons. The first-order valence-corrected chi connectivity index (χ1v) is 15.3. The number of carbonyl (C=O) groups excluding carboxylic acids is 3. The minimum Gasteiger partial charge on any atom is -0.460 e. The Kier molecular flexibility index (Phi) is 7.45. The second kappa shape index (κ2) is 10.9. The van der Waals surface area contributed by atoms with E-state index in [1.807, 2.05) is 43.9 Å². The van der Waals surface area contributed by atoms with Gasteiger partial charge in [-0.1, -0.05) is 0 Å². The predicted octanol–water partition coefficient (Wildman–Crippen LogP) is 3.30. The van der Waals surface area contributed by atoms with E-state index < -0.39 is 5.60 Å². The average Bonchev–Trinajstić information content (AvgIpc) is 3.63. The molecule has 4 fully saturated rings. The van der Waals surface area contributed by atoms with Crippen molar-refractivity contribution >= 4 is 23.5 Å². The molecule has 10 nitrogen and oxygen atoms in total. The molecule has 2 aliphatic carbocycles. The maximum atomic E-state index is 13.4. The summed E-state index contributed by atoms with van der Waals surface area (Å²) in [5.41, 5.74) is 5.66. The molecule has 3 unspecified atom stereocenters. The van der Waals surface area contributed by atoms with Gasteiger partial charge in [0.05, 0.1) is 24.3 Å². The molecule has 1 aromatic carbocycles. The first kappa shape index (κ1) is 28.0. The standard InChI is InChI=1S/C31H42N6O4/c1-31(2,3)41-30(40)19-6-9-22(10-7-19)36-17-20-16-21(8-11-23(20)29(36)39)34-27-26-25(13-15-33-28(26)38)37(35-27)24(12-14-32)18-4-5-18/h8,11,16,18-19,22,24-27,34-35H,4-7,9-10,12-13,15,17H2,1-3H3,(H,33,38)/t19?,22?,24-,25?,26?,27?/m0/s1. The Bertz CT molecular complexity index is 1240. The van der Waals surface area contributed by atoms with Crippen LogP contribution in [-0.4, -0.2) is 64.1 Å². The predicted molar refractivity (Wildman–Crippen MR) is 152 cm³/mol. The number of hydrogen-bond donors (Lipinski definition) is 3. The first-order chi connectivity index (χ1) is 19.6. The Balaban J connectivity index is 1.11. The van der Waals surface area contributed by atoms with Gasteiger partial charge in [0.2, 0.25) is 5.91 Å². The highest BCUT2D eigenvalue weighted by molar-refractivity contribution is 5.99. The molecular weight excluding hydrogens is 520 g/mol. The number of amides is 2. The maximum absolute atomic E-state index is 13.4. The lowest BCUT2D eigenvalue weighted by Crippen LogP contribution is -2.52. The summed E-state index contributed by atoms with van der Waals surface area (Å²) in [4.78, 5) is 40.9. The number of nitriles is 1.